The predicted octanol–water partition coefficient (Wildman–Crippen LogP) is 2.48. The Balaban J connectivity index is 2.52. The first-order valence-corrected chi connectivity index (χ1v) is 17.0. The van der Waals surface area contributed by atoms with Gasteiger partial charge in [0.1, 0.15) is 24.3 Å². The summed E-state index contributed by atoms with van der Waals surface area (Å²) in [7, 11) is 0. The molecule has 0 unspecified atom stereocenters. The summed E-state index contributed by atoms with van der Waals surface area (Å²) in [6, 6.07) is 5.80. The number of hydrogen-bond donors (Lipinski definition) is 3. The molecule has 3 amide bonds. The Kier molecular flexibility index (Phi) is 16.6. The highest BCUT2D eigenvalue weighted by Crippen LogP contribution is 2.18. The summed E-state index contributed by atoms with van der Waals surface area (Å²) in [5, 5.41) is 7.89. The van der Waals surface area contributed by atoms with Crippen LogP contribution in [-0.2, 0) is 49.5 Å². The van der Waals surface area contributed by atoms with Gasteiger partial charge in [0.15, 0.2) is 10.2 Å². The molecule has 0 saturated carbocycles. The highest BCUT2D eigenvalue weighted by Gasteiger charge is 2.36. The summed E-state index contributed by atoms with van der Waals surface area (Å²) in [5.41, 5.74) is 0.745. The van der Waals surface area contributed by atoms with Crippen molar-refractivity contribution in [2.45, 2.75) is 90.6 Å². The van der Waals surface area contributed by atoms with Gasteiger partial charge in [-0.05, 0) is 24.0 Å². The number of hydrogen-bond acceptors (Lipinski definition) is 11. The molecule has 0 aromatic heterocycles. The third-order valence-electron chi connectivity index (χ3n) is 6.74. The van der Waals surface area contributed by atoms with Crippen LogP contribution < -0.4 is 16.0 Å². The number of benzene rings is 1. The fourth-order valence-corrected chi connectivity index (χ4v) is 5.79. The largest absolute Gasteiger partial charge is 0.460 e. The van der Waals surface area contributed by atoms with Gasteiger partial charge in [0.2, 0.25) is 17.7 Å². The van der Waals surface area contributed by atoms with Crippen molar-refractivity contribution in [2.24, 2.45) is 5.92 Å². The lowest BCUT2D eigenvalue weighted by molar-refractivity contribution is -0.158. The maximum atomic E-state index is 13.7. The topological polar surface area (TPSA) is 174 Å². The highest BCUT2D eigenvalue weighted by atomic mass is 32.2. The minimum Gasteiger partial charge on any atom is -0.460 e. The van der Waals surface area contributed by atoms with Crippen molar-refractivity contribution in [3.8, 4) is 0 Å². The molecule has 14 heteroatoms. The zero-order valence-corrected chi connectivity index (χ0v) is 28.4. The summed E-state index contributed by atoms with van der Waals surface area (Å²) in [6.45, 7) is 7.50. The molecule has 1 aliphatic heterocycles. The van der Waals surface area contributed by atoms with Gasteiger partial charge >= 0.3 is 11.9 Å². The lowest BCUT2D eigenvalue weighted by Crippen LogP contribution is -2.58. The zero-order chi connectivity index (χ0) is 34.2. The number of rotatable bonds is 10. The second-order valence-corrected chi connectivity index (χ2v) is 13.6. The lowest BCUT2D eigenvalue weighted by Gasteiger charge is -2.31. The average molecular weight is 678 g/mol. The van der Waals surface area contributed by atoms with E-state index in [0.717, 1.165) is 29.1 Å². The van der Waals surface area contributed by atoms with Gasteiger partial charge in [-0.15, -0.1) is 0 Å². The van der Waals surface area contributed by atoms with Crippen molar-refractivity contribution < 1.29 is 43.0 Å². The average Bonchev–Trinajstić information content (AvgIpc) is 2.96. The Labute approximate surface area is 277 Å². The molecule has 1 fully saturated rings. The first-order valence-electron chi connectivity index (χ1n) is 15.0. The monoisotopic (exact) mass is 677 g/mol. The van der Waals surface area contributed by atoms with Crippen LogP contribution in [0.1, 0.15) is 59.4 Å². The molecule has 1 aliphatic rings. The molecule has 252 valence electrons. The number of ether oxygens (including phenoxy) is 2. The van der Waals surface area contributed by atoms with Gasteiger partial charge in [0, 0.05) is 38.7 Å². The van der Waals surface area contributed by atoms with Crippen LogP contribution in [-0.4, -0.2) is 81.7 Å². The molecule has 1 aromatic carbocycles. The quantitative estimate of drug-likeness (QED) is 0.189. The number of allylic oxidation sites excluding steroid dienone is 1. The van der Waals surface area contributed by atoms with Crippen molar-refractivity contribution in [2.75, 3.05) is 11.5 Å². The molecule has 1 aromatic rings. The van der Waals surface area contributed by atoms with E-state index in [4.69, 9.17) is 9.47 Å². The van der Waals surface area contributed by atoms with E-state index < -0.39 is 66.4 Å². The predicted molar refractivity (Wildman–Crippen MR) is 175 cm³/mol. The molecule has 46 heavy (non-hydrogen) atoms. The van der Waals surface area contributed by atoms with Gasteiger partial charge in [-0.1, -0.05) is 73.8 Å². The van der Waals surface area contributed by atoms with E-state index >= 15 is 0 Å². The first-order chi connectivity index (χ1) is 21.7. The van der Waals surface area contributed by atoms with E-state index in [1.807, 2.05) is 6.07 Å². The molecular formula is C32H43N3O9S2. The minimum absolute atomic E-state index is 0.0405. The van der Waals surface area contributed by atoms with Crippen LogP contribution in [0.15, 0.2) is 42.5 Å². The van der Waals surface area contributed by atoms with Gasteiger partial charge < -0.3 is 25.4 Å². The van der Waals surface area contributed by atoms with E-state index in [1.165, 1.54) is 20.8 Å². The smallest absolute Gasteiger partial charge is 0.310 e. The third-order valence-corrected chi connectivity index (χ3v) is 8.50. The van der Waals surface area contributed by atoms with Crippen LogP contribution >= 0.6 is 23.5 Å². The Morgan fingerprint density at radius 1 is 0.913 bits per heavy atom. The number of amides is 3. The van der Waals surface area contributed by atoms with Crippen LogP contribution in [0.2, 0.25) is 0 Å². The van der Waals surface area contributed by atoms with Crippen LogP contribution in [0.25, 0.3) is 0 Å². The van der Waals surface area contributed by atoms with E-state index in [-0.39, 0.29) is 34.7 Å². The fraction of sp³-hybridized carbons (Fsp3) is 0.531. The second-order valence-electron chi connectivity index (χ2n) is 11.1. The number of esters is 2. The summed E-state index contributed by atoms with van der Waals surface area (Å²) in [4.78, 5) is 88.9. The van der Waals surface area contributed by atoms with E-state index in [9.17, 15) is 33.6 Å². The van der Waals surface area contributed by atoms with Gasteiger partial charge in [0.05, 0.1) is 18.9 Å². The van der Waals surface area contributed by atoms with Gasteiger partial charge in [-0.3, -0.25) is 33.6 Å². The Hall–Kier alpha value is -3.65. The SMILES string of the molecule is CC(=O)O[C@H]1CC(=O)O[C@H](C=CCCSC(C)=O)CC(=O)N[C@H](Cc2ccccc2)C(=O)N[C@H](CSC(C)=O)C(=O)N[C@@H]1C(C)C. The van der Waals surface area contributed by atoms with Crippen LogP contribution in [0.3, 0.4) is 0 Å². The molecule has 3 N–H and O–H groups in total. The molecular weight excluding hydrogens is 634 g/mol. The van der Waals surface area contributed by atoms with Gasteiger partial charge in [0.25, 0.3) is 0 Å². The summed E-state index contributed by atoms with van der Waals surface area (Å²) in [5.74, 6) is -3.31. The Morgan fingerprint density at radius 3 is 2.17 bits per heavy atom. The van der Waals surface area contributed by atoms with Crippen molar-refractivity contribution in [3.63, 3.8) is 0 Å². The normalized spacial score (nSPS) is 23.4. The maximum Gasteiger partial charge on any atom is 0.310 e. The third kappa shape index (κ3) is 14.6. The van der Waals surface area contributed by atoms with Crippen molar-refractivity contribution in [1.82, 2.24) is 16.0 Å². The Morgan fingerprint density at radius 2 is 1.57 bits per heavy atom. The van der Waals surface area contributed by atoms with Crippen molar-refractivity contribution in [3.05, 3.63) is 48.0 Å². The van der Waals surface area contributed by atoms with Gasteiger partial charge in [-0.2, -0.15) is 0 Å². The number of thioether (sulfide) groups is 2. The molecule has 2 rings (SSSR count). The van der Waals surface area contributed by atoms with E-state index in [2.05, 4.69) is 16.0 Å². The maximum absolute atomic E-state index is 13.7. The summed E-state index contributed by atoms with van der Waals surface area (Å²) in [6.07, 6.45) is 0.880. The number of nitrogens with one attached hydrogen (secondary N) is 3. The van der Waals surface area contributed by atoms with Crippen molar-refractivity contribution in [1.29, 1.82) is 0 Å². The number of cyclic esters (lactones) is 1. The molecule has 0 spiro atoms. The minimum atomic E-state index is -1.20. The first kappa shape index (κ1) is 38.5. The molecule has 0 bridgehead atoms. The zero-order valence-electron chi connectivity index (χ0n) is 26.7. The van der Waals surface area contributed by atoms with Crippen LogP contribution in [0.4, 0.5) is 0 Å². The summed E-state index contributed by atoms with van der Waals surface area (Å²) >= 11 is 1.98. The lowest BCUT2D eigenvalue weighted by atomic mass is 9.95. The molecule has 0 aliphatic carbocycles. The van der Waals surface area contributed by atoms with Crippen molar-refractivity contribution >= 4 is 63.4 Å². The Bertz CT molecular complexity index is 1270. The standard InChI is InChI=1S/C32H43N3O9S2/c1-19(2)30-27(43-20(3)36)17-29(40)44-24(13-9-10-14-45-21(4)37)16-28(39)33-25(15-23-11-7-6-8-12-23)31(41)34-26(32(42)35-30)18-46-22(5)38/h6-9,11-13,19,24-27,30H,10,14-18H2,1-5H3,(H,33,39)(H,34,41)(H,35,42)/t24-,25-,26-,27+,30-/m1/s1. The fourth-order valence-electron chi connectivity index (χ4n) is 4.61. The van der Waals surface area contributed by atoms with E-state index in [1.54, 1.807) is 50.3 Å². The second kappa shape index (κ2) is 19.8. The molecule has 0 radical (unpaired) electrons. The summed E-state index contributed by atoms with van der Waals surface area (Å²) < 4.78 is 11.1. The molecule has 1 heterocycles. The molecule has 1 saturated heterocycles. The number of carbonyl (C=O) groups excluding carboxylic acids is 7. The van der Waals surface area contributed by atoms with Crippen LogP contribution in [0, 0.1) is 5.92 Å². The molecule has 12 nitrogen and oxygen atoms in total. The van der Waals surface area contributed by atoms with E-state index in [0.29, 0.717) is 12.2 Å². The number of carbonyl (C=O) groups is 7. The molecule has 5 atom stereocenters. The van der Waals surface area contributed by atoms with Crippen LogP contribution in [0.5, 0.6) is 0 Å². The highest BCUT2D eigenvalue weighted by molar-refractivity contribution is 8.13. The van der Waals surface area contributed by atoms with Gasteiger partial charge in [-0.25, -0.2) is 0 Å².